The summed E-state index contributed by atoms with van der Waals surface area (Å²) in [6.07, 6.45) is -0.213. The van der Waals surface area contributed by atoms with Crippen LogP contribution >= 0.6 is 0 Å². The lowest BCUT2D eigenvalue weighted by Gasteiger charge is -2.44. The van der Waals surface area contributed by atoms with Gasteiger partial charge in [-0.3, -0.25) is 19.8 Å². The normalized spacial score (nSPS) is 32.0. The van der Waals surface area contributed by atoms with E-state index in [9.17, 15) is 14.7 Å². The molecule has 0 saturated carbocycles. The summed E-state index contributed by atoms with van der Waals surface area (Å²) in [5.74, 6) is -0.0581. The number of nitrogens with zero attached hydrogens (tertiary/aromatic N) is 1. The molecule has 4 atom stereocenters. The first-order valence-corrected chi connectivity index (χ1v) is 7.53. The standard InChI is InChI=1S/C14H26N4O3/c1-8(2)5-18-6-10(4-14(18)7-16-13(14)21)17-11(9(3)19)12(15)20/h8-11,17,19H,4-7H2,1-3H3,(H2,15,20)(H,16,21)/t9-,10?,11+,14?/m1/s1. The number of hydrogen-bond donors (Lipinski definition) is 4. The Kier molecular flexibility index (Phi) is 4.55. The Hall–Kier alpha value is -1.18. The lowest BCUT2D eigenvalue weighted by Crippen LogP contribution is -2.71. The fourth-order valence-corrected chi connectivity index (χ4v) is 3.34. The van der Waals surface area contributed by atoms with E-state index in [-0.39, 0.29) is 11.9 Å². The molecular weight excluding hydrogens is 272 g/mol. The van der Waals surface area contributed by atoms with Crippen LogP contribution < -0.4 is 16.4 Å². The van der Waals surface area contributed by atoms with Gasteiger partial charge in [0.1, 0.15) is 11.6 Å². The highest BCUT2D eigenvalue weighted by Crippen LogP contribution is 2.34. The van der Waals surface area contributed by atoms with Crippen molar-refractivity contribution in [2.75, 3.05) is 19.6 Å². The fraction of sp³-hybridized carbons (Fsp3) is 0.857. The molecule has 0 aromatic carbocycles. The molecule has 21 heavy (non-hydrogen) atoms. The topological polar surface area (TPSA) is 108 Å². The minimum absolute atomic E-state index is 0.0260. The van der Waals surface area contributed by atoms with Crippen LogP contribution in [0.2, 0.25) is 0 Å². The number of amides is 2. The molecule has 0 aliphatic carbocycles. The van der Waals surface area contributed by atoms with Gasteiger partial charge in [-0.05, 0) is 19.3 Å². The monoisotopic (exact) mass is 298 g/mol. The highest BCUT2D eigenvalue weighted by atomic mass is 16.3. The van der Waals surface area contributed by atoms with Crippen molar-refractivity contribution in [1.29, 1.82) is 0 Å². The summed E-state index contributed by atoms with van der Waals surface area (Å²) in [5.41, 5.74) is 4.86. The zero-order valence-electron chi connectivity index (χ0n) is 12.9. The number of nitrogens with two attached hydrogens (primary N) is 1. The third kappa shape index (κ3) is 3.04. The molecule has 7 nitrogen and oxygen atoms in total. The van der Waals surface area contributed by atoms with E-state index >= 15 is 0 Å². The highest BCUT2D eigenvalue weighted by molar-refractivity contribution is 5.93. The third-order valence-electron chi connectivity index (χ3n) is 4.38. The molecule has 0 aromatic rings. The van der Waals surface area contributed by atoms with Gasteiger partial charge in [0.25, 0.3) is 0 Å². The van der Waals surface area contributed by atoms with Crippen LogP contribution in [0.25, 0.3) is 0 Å². The van der Waals surface area contributed by atoms with Crippen LogP contribution in [0.15, 0.2) is 0 Å². The zero-order chi connectivity index (χ0) is 15.8. The molecule has 0 bridgehead atoms. The molecular formula is C14H26N4O3. The van der Waals surface area contributed by atoms with Crippen LogP contribution in [0, 0.1) is 5.92 Å². The van der Waals surface area contributed by atoms with Crippen molar-refractivity contribution in [3.05, 3.63) is 0 Å². The van der Waals surface area contributed by atoms with Crippen LogP contribution in [0.5, 0.6) is 0 Å². The van der Waals surface area contributed by atoms with Crippen molar-refractivity contribution in [2.24, 2.45) is 11.7 Å². The smallest absolute Gasteiger partial charge is 0.242 e. The Labute approximate surface area is 125 Å². The molecule has 2 amide bonds. The van der Waals surface area contributed by atoms with Crippen molar-refractivity contribution in [3.63, 3.8) is 0 Å². The Morgan fingerprint density at radius 3 is 2.62 bits per heavy atom. The highest BCUT2D eigenvalue weighted by Gasteiger charge is 2.56. The SMILES string of the molecule is CC(C)CN1CC(N[C@H](C(N)=O)[C@@H](C)O)CC12CNC2=O. The number of nitrogens with one attached hydrogen (secondary N) is 2. The molecule has 2 fully saturated rings. The van der Waals surface area contributed by atoms with Gasteiger partial charge in [-0.15, -0.1) is 0 Å². The van der Waals surface area contributed by atoms with Gasteiger partial charge >= 0.3 is 0 Å². The largest absolute Gasteiger partial charge is 0.391 e. The predicted octanol–water partition coefficient (Wildman–Crippen LogP) is -1.59. The molecule has 2 unspecified atom stereocenters. The Bertz CT molecular complexity index is 426. The number of likely N-dealkylation sites (tertiary alicyclic amines) is 1. The maximum absolute atomic E-state index is 12.0. The summed E-state index contributed by atoms with van der Waals surface area (Å²) >= 11 is 0. The molecule has 2 aliphatic heterocycles. The second-order valence-corrected chi connectivity index (χ2v) is 6.70. The molecule has 0 radical (unpaired) electrons. The quantitative estimate of drug-likeness (QED) is 0.442. The van der Waals surface area contributed by atoms with Crippen LogP contribution in [0.3, 0.4) is 0 Å². The summed E-state index contributed by atoms with van der Waals surface area (Å²) in [6.45, 7) is 7.94. The molecule has 2 saturated heterocycles. The van der Waals surface area contributed by atoms with Gasteiger partial charge in [-0.25, -0.2) is 0 Å². The van der Waals surface area contributed by atoms with Gasteiger partial charge < -0.3 is 16.2 Å². The first kappa shape index (κ1) is 16.2. The average Bonchev–Trinajstić information content (AvgIpc) is 2.73. The third-order valence-corrected chi connectivity index (χ3v) is 4.38. The van der Waals surface area contributed by atoms with Gasteiger partial charge in [-0.2, -0.15) is 0 Å². The van der Waals surface area contributed by atoms with Crippen LogP contribution in [-0.2, 0) is 9.59 Å². The summed E-state index contributed by atoms with van der Waals surface area (Å²) < 4.78 is 0. The molecule has 120 valence electrons. The number of primary amides is 1. The van der Waals surface area contributed by atoms with E-state index in [0.29, 0.717) is 25.4 Å². The lowest BCUT2D eigenvalue weighted by molar-refractivity contribution is -0.141. The average molecular weight is 298 g/mol. The maximum Gasteiger partial charge on any atom is 0.242 e. The number of carbonyl (C=O) groups excluding carboxylic acids is 2. The van der Waals surface area contributed by atoms with E-state index in [1.165, 1.54) is 6.92 Å². The van der Waals surface area contributed by atoms with Crippen molar-refractivity contribution >= 4 is 11.8 Å². The summed E-state index contributed by atoms with van der Waals surface area (Å²) in [4.78, 5) is 25.6. The summed E-state index contributed by atoms with van der Waals surface area (Å²) in [5, 5.41) is 15.6. The van der Waals surface area contributed by atoms with E-state index in [4.69, 9.17) is 5.73 Å². The van der Waals surface area contributed by atoms with Gasteiger partial charge in [0, 0.05) is 25.7 Å². The number of rotatable bonds is 6. The summed E-state index contributed by atoms with van der Waals surface area (Å²) in [6, 6.07) is -0.809. The second-order valence-electron chi connectivity index (χ2n) is 6.70. The first-order chi connectivity index (χ1) is 9.76. The fourth-order valence-electron chi connectivity index (χ4n) is 3.34. The van der Waals surface area contributed by atoms with Gasteiger partial charge in [0.15, 0.2) is 0 Å². The van der Waals surface area contributed by atoms with Crippen LogP contribution in [0.4, 0.5) is 0 Å². The first-order valence-electron chi connectivity index (χ1n) is 7.53. The minimum atomic E-state index is -0.854. The van der Waals surface area contributed by atoms with E-state index in [1.807, 2.05) is 0 Å². The Morgan fingerprint density at radius 1 is 1.57 bits per heavy atom. The van der Waals surface area contributed by atoms with Crippen molar-refractivity contribution in [3.8, 4) is 0 Å². The van der Waals surface area contributed by atoms with E-state index in [1.54, 1.807) is 0 Å². The molecule has 2 heterocycles. The molecule has 0 aromatic heterocycles. The van der Waals surface area contributed by atoms with E-state index < -0.39 is 23.6 Å². The van der Waals surface area contributed by atoms with Gasteiger partial charge in [-0.1, -0.05) is 13.8 Å². The molecule has 2 rings (SSSR count). The van der Waals surface area contributed by atoms with Crippen molar-refractivity contribution in [1.82, 2.24) is 15.5 Å². The second kappa shape index (κ2) is 5.90. The van der Waals surface area contributed by atoms with Crippen LogP contribution in [0.1, 0.15) is 27.2 Å². The molecule has 5 N–H and O–H groups in total. The Morgan fingerprint density at radius 2 is 2.24 bits per heavy atom. The van der Waals surface area contributed by atoms with Crippen molar-refractivity contribution < 1.29 is 14.7 Å². The Balaban J connectivity index is 2.07. The number of carbonyl (C=O) groups is 2. The molecule has 1 spiro atoms. The van der Waals surface area contributed by atoms with Crippen LogP contribution in [-0.4, -0.2) is 65.2 Å². The lowest BCUT2D eigenvalue weighted by atomic mass is 9.86. The number of β-lactam (4-membered cyclic amide) rings is 1. The zero-order valence-corrected chi connectivity index (χ0v) is 12.9. The number of aliphatic hydroxyl groups is 1. The molecule has 2 aliphatic rings. The van der Waals surface area contributed by atoms with E-state index in [2.05, 4.69) is 29.4 Å². The number of aliphatic hydroxyl groups excluding tert-OH is 1. The van der Waals surface area contributed by atoms with Gasteiger partial charge in [0.05, 0.1) is 6.10 Å². The van der Waals surface area contributed by atoms with Gasteiger partial charge in [0.2, 0.25) is 11.8 Å². The maximum atomic E-state index is 12.0. The predicted molar refractivity (Wildman–Crippen MR) is 78.4 cm³/mol. The molecule has 7 heteroatoms. The summed E-state index contributed by atoms with van der Waals surface area (Å²) in [7, 11) is 0. The van der Waals surface area contributed by atoms with E-state index in [0.717, 1.165) is 6.54 Å². The van der Waals surface area contributed by atoms with Crippen molar-refractivity contribution in [2.45, 2.75) is 50.9 Å². The minimum Gasteiger partial charge on any atom is -0.391 e. The number of hydrogen-bond acceptors (Lipinski definition) is 5.